The Hall–Kier alpha value is -3.53. The summed E-state index contributed by atoms with van der Waals surface area (Å²) < 4.78 is 0. The molecule has 0 radical (unpaired) electrons. The van der Waals surface area contributed by atoms with Gasteiger partial charge in [-0.05, 0) is 24.3 Å². The average molecular weight is 329 g/mol. The second-order valence-corrected chi connectivity index (χ2v) is 5.43. The highest BCUT2D eigenvalue weighted by molar-refractivity contribution is 6.49. The Balaban J connectivity index is 1.80. The molecular formula is C21H15NO3. The van der Waals surface area contributed by atoms with Gasteiger partial charge in [0.15, 0.2) is 0 Å². The van der Waals surface area contributed by atoms with Crippen LogP contribution in [0, 0.1) is 0 Å². The number of Topliss-reactive ketones (excluding diaryl/α,β-unsaturated/α-hetero) is 2. The van der Waals surface area contributed by atoms with Gasteiger partial charge in [0.1, 0.15) is 0 Å². The quantitative estimate of drug-likeness (QED) is 0.568. The van der Waals surface area contributed by atoms with Crippen LogP contribution >= 0.6 is 0 Å². The van der Waals surface area contributed by atoms with E-state index in [-0.39, 0.29) is 11.5 Å². The SMILES string of the molecule is O=C(Nc1ccccc1)c1cccc(C(=O)C(=O)c2ccccc2)c1. The lowest BCUT2D eigenvalue weighted by Crippen LogP contribution is -2.16. The third-order valence-corrected chi connectivity index (χ3v) is 3.66. The number of amides is 1. The van der Waals surface area contributed by atoms with E-state index in [4.69, 9.17) is 0 Å². The fourth-order valence-electron chi connectivity index (χ4n) is 2.38. The summed E-state index contributed by atoms with van der Waals surface area (Å²) in [6.45, 7) is 0. The Morgan fingerprint density at radius 1 is 0.560 bits per heavy atom. The number of anilines is 1. The smallest absolute Gasteiger partial charge is 0.255 e. The maximum Gasteiger partial charge on any atom is 0.255 e. The summed E-state index contributed by atoms with van der Waals surface area (Å²) in [6, 6.07) is 23.5. The molecule has 25 heavy (non-hydrogen) atoms. The molecule has 122 valence electrons. The number of ketones is 2. The molecule has 0 saturated heterocycles. The van der Waals surface area contributed by atoms with Gasteiger partial charge in [-0.1, -0.05) is 60.7 Å². The number of carbonyl (C=O) groups is 3. The van der Waals surface area contributed by atoms with Crippen LogP contribution in [0.15, 0.2) is 84.9 Å². The molecule has 0 aliphatic heterocycles. The van der Waals surface area contributed by atoms with Gasteiger partial charge in [0, 0.05) is 22.4 Å². The second kappa shape index (κ2) is 7.36. The topological polar surface area (TPSA) is 63.2 Å². The van der Waals surface area contributed by atoms with Crippen molar-refractivity contribution in [3.63, 3.8) is 0 Å². The van der Waals surface area contributed by atoms with Crippen LogP contribution in [0.5, 0.6) is 0 Å². The molecule has 0 unspecified atom stereocenters. The molecule has 0 fully saturated rings. The fraction of sp³-hybridized carbons (Fsp3) is 0. The molecule has 4 heteroatoms. The van der Waals surface area contributed by atoms with Crippen molar-refractivity contribution in [2.75, 3.05) is 5.32 Å². The highest BCUT2D eigenvalue weighted by atomic mass is 16.2. The Morgan fingerprint density at radius 2 is 1.08 bits per heavy atom. The predicted molar refractivity (Wildman–Crippen MR) is 95.9 cm³/mol. The summed E-state index contributed by atoms with van der Waals surface area (Å²) >= 11 is 0. The second-order valence-electron chi connectivity index (χ2n) is 5.43. The molecule has 4 nitrogen and oxygen atoms in total. The molecule has 1 N–H and O–H groups in total. The van der Waals surface area contributed by atoms with Gasteiger partial charge in [0.05, 0.1) is 0 Å². The van der Waals surface area contributed by atoms with Crippen LogP contribution < -0.4 is 5.32 Å². The molecule has 3 aromatic rings. The van der Waals surface area contributed by atoms with Gasteiger partial charge in [-0.3, -0.25) is 14.4 Å². The van der Waals surface area contributed by atoms with Crippen molar-refractivity contribution < 1.29 is 14.4 Å². The van der Waals surface area contributed by atoms with E-state index in [1.807, 2.05) is 18.2 Å². The Labute approximate surface area is 145 Å². The van der Waals surface area contributed by atoms with E-state index in [2.05, 4.69) is 5.32 Å². The van der Waals surface area contributed by atoms with Gasteiger partial charge in [0.2, 0.25) is 11.6 Å². The number of benzene rings is 3. The Bertz CT molecular complexity index is 918. The van der Waals surface area contributed by atoms with Gasteiger partial charge in [-0.2, -0.15) is 0 Å². The first-order valence-electron chi connectivity index (χ1n) is 7.76. The van der Waals surface area contributed by atoms with E-state index in [0.29, 0.717) is 16.8 Å². The fourth-order valence-corrected chi connectivity index (χ4v) is 2.38. The van der Waals surface area contributed by atoms with Crippen molar-refractivity contribution in [1.82, 2.24) is 0 Å². The highest BCUT2D eigenvalue weighted by Gasteiger charge is 2.19. The third kappa shape index (κ3) is 3.87. The lowest BCUT2D eigenvalue weighted by molar-refractivity contribution is 0.0817. The maximum absolute atomic E-state index is 12.4. The summed E-state index contributed by atoms with van der Waals surface area (Å²) in [5.74, 6) is -1.57. The molecule has 0 aromatic heterocycles. The van der Waals surface area contributed by atoms with E-state index < -0.39 is 11.6 Å². The zero-order chi connectivity index (χ0) is 17.6. The van der Waals surface area contributed by atoms with Crippen molar-refractivity contribution in [3.8, 4) is 0 Å². The summed E-state index contributed by atoms with van der Waals surface area (Å²) in [5.41, 5.74) is 1.49. The summed E-state index contributed by atoms with van der Waals surface area (Å²) in [5, 5.41) is 2.75. The van der Waals surface area contributed by atoms with Gasteiger partial charge in [-0.15, -0.1) is 0 Å². The van der Waals surface area contributed by atoms with Gasteiger partial charge < -0.3 is 5.32 Å². The third-order valence-electron chi connectivity index (χ3n) is 3.66. The first-order chi connectivity index (χ1) is 12.1. The largest absolute Gasteiger partial charge is 0.322 e. The van der Waals surface area contributed by atoms with Gasteiger partial charge in [0.25, 0.3) is 5.91 Å². The monoisotopic (exact) mass is 329 g/mol. The summed E-state index contributed by atoms with van der Waals surface area (Å²) in [7, 11) is 0. The van der Waals surface area contributed by atoms with E-state index in [0.717, 1.165) is 0 Å². The number of carbonyl (C=O) groups excluding carboxylic acids is 3. The van der Waals surface area contributed by atoms with Crippen LogP contribution in [0.1, 0.15) is 31.1 Å². The predicted octanol–water partition coefficient (Wildman–Crippen LogP) is 4.00. The molecule has 0 saturated carbocycles. The standard InChI is InChI=1S/C21H15NO3/c23-19(15-8-3-1-4-9-15)20(24)16-10-7-11-17(14-16)21(25)22-18-12-5-2-6-13-18/h1-14H,(H,22,25). The van der Waals surface area contributed by atoms with Crippen molar-refractivity contribution in [3.05, 3.63) is 102 Å². The molecule has 0 spiro atoms. The molecule has 1 amide bonds. The van der Waals surface area contributed by atoms with E-state index in [9.17, 15) is 14.4 Å². The number of rotatable bonds is 5. The zero-order valence-corrected chi connectivity index (χ0v) is 13.3. The van der Waals surface area contributed by atoms with Crippen molar-refractivity contribution in [2.24, 2.45) is 0 Å². The van der Waals surface area contributed by atoms with E-state index >= 15 is 0 Å². The van der Waals surface area contributed by atoms with Crippen LogP contribution in [0.25, 0.3) is 0 Å². The molecule has 0 atom stereocenters. The van der Waals surface area contributed by atoms with Crippen molar-refractivity contribution in [1.29, 1.82) is 0 Å². The number of hydrogen-bond acceptors (Lipinski definition) is 3. The minimum absolute atomic E-state index is 0.189. The van der Waals surface area contributed by atoms with Gasteiger partial charge >= 0.3 is 0 Å². The normalized spacial score (nSPS) is 10.1. The highest BCUT2D eigenvalue weighted by Crippen LogP contribution is 2.13. The first-order valence-corrected chi connectivity index (χ1v) is 7.76. The lowest BCUT2D eigenvalue weighted by atomic mass is 10.00. The van der Waals surface area contributed by atoms with Crippen LogP contribution in [0.3, 0.4) is 0 Å². The molecule has 3 rings (SSSR count). The molecule has 3 aromatic carbocycles. The van der Waals surface area contributed by atoms with E-state index in [1.165, 1.54) is 12.1 Å². The Kier molecular flexibility index (Phi) is 4.81. The van der Waals surface area contributed by atoms with Crippen molar-refractivity contribution in [2.45, 2.75) is 0 Å². The van der Waals surface area contributed by atoms with Crippen LogP contribution in [-0.4, -0.2) is 17.5 Å². The van der Waals surface area contributed by atoms with E-state index in [1.54, 1.807) is 54.6 Å². The summed E-state index contributed by atoms with van der Waals surface area (Å²) in [6.07, 6.45) is 0. The maximum atomic E-state index is 12.4. The molecule has 0 aliphatic carbocycles. The zero-order valence-electron chi connectivity index (χ0n) is 13.3. The molecule has 0 heterocycles. The van der Waals surface area contributed by atoms with Crippen LogP contribution in [0.4, 0.5) is 5.69 Å². The first kappa shape index (κ1) is 16.3. The Morgan fingerprint density at radius 3 is 1.76 bits per heavy atom. The number of nitrogens with one attached hydrogen (secondary N) is 1. The van der Waals surface area contributed by atoms with Gasteiger partial charge in [-0.25, -0.2) is 0 Å². The lowest BCUT2D eigenvalue weighted by Gasteiger charge is -2.06. The number of para-hydroxylation sites is 1. The average Bonchev–Trinajstić information content (AvgIpc) is 2.68. The minimum atomic E-state index is -0.638. The molecule has 0 aliphatic rings. The molecule has 0 bridgehead atoms. The van der Waals surface area contributed by atoms with Crippen LogP contribution in [0.2, 0.25) is 0 Å². The molecular weight excluding hydrogens is 314 g/mol. The van der Waals surface area contributed by atoms with Crippen LogP contribution in [-0.2, 0) is 0 Å². The number of hydrogen-bond donors (Lipinski definition) is 1. The minimum Gasteiger partial charge on any atom is -0.322 e. The summed E-state index contributed by atoms with van der Waals surface area (Å²) in [4.78, 5) is 37.0. The van der Waals surface area contributed by atoms with Crippen molar-refractivity contribution >= 4 is 23.2 Å².